The summed E-state index contributed by atoms with van der Waals surface area (Å²) in [5.41, 5.74) is 1.88. The lowest BCUT2D eigenvalue weighted by atomic mass is 10.0. The van der Waals surface area contributed by atoms with E-state index in [1.165, 1.54) is 5.56 Å². The second kappa shape index (κ2) is 7.62. The molecule has 2 rings (SSSR count). The number of rotatable bonds is 6. The van der Waals surface area contributed by atoms with Crippen LogP contribution in [0.2, 0.25) is 0 Å². The van der Waals surface area contributed by atoms with Crippen LogP contribution < -0.4 is 10.1 Å². The van der Waals surface area contributed by atoms with Crippen LogP contribution in [0, 0.1) is 0 Å². The highest BCUT2D eigenvalue weighted by Gasteiger charge is 2.17. The number of aliphatic hydroxyl groups excluding tert-OH is 1. The fraction of sp³-hybridized carbons (Fsp3) is 0.400. The molecule has 0 aromatic heterocycles. The van der Waals surface area contributed by atoms with Gasteiger partial charge in [-0.25, -0.2) is 0 Å². The van der Waals surface area contributed by atoms with Gasteiger partial charge in [-0.2, -0.15) is 0 Å². The molecule has 0 aliphatic carbocycles. The molecule has 124 valence electrons. The minimum atomic E-state index is -0.553. The van der Waals surface area contributed by atoms with Gasteiger partial charge in [-0.05, 0) is 51.0 Å². The van der Waals surface area contributed by atoms with Crippen molar-refractivity contribution in [3.8, 4) is 5.75 Å². The number of ether oxygens (including phenoxy) is 1. The molecule has 0 saturated heterocycles. The molecular weight excluding hydrogens is 286 g/mol. The van der Waals surface area contributed by atoms with Crippen LogP contribution in [0.4, 0.5) is 0 Å². The zero-order valence-corrected chi connectivity index (χ0v) is 14.4. The Morgan fingerprint density at radius 2 is 1.61 bits per heavy atom. The van der Waals surface area contributed by atoms with Crippen molar-refractivity contribution in [2.24, 2.45) is 0 Å². The summed E-state index contributed by atoms with van der Waals surface area (Å²) >= 11 is 0. The Balaban J connectivity index is 1.92. The molecule has 0 unspecified atom stereocenters. The zero-order valence-electron chi connectivity index (χ0n) is 14.4. The van der Waals surface area contributed by atoms with E-state index in [9.17, 15) is 5.11 Å². The third kappa shape index (κ3) is 5.70. The third-order valence-corrected chi connectivity index (χ3v) is 3.59. The summed E-state index contributed by atoms with van der Waals surface area (Å²) in [6, 6.07) is 17.8. The van der Waals surface area contributed by atoms with Gasteiger partial charge in [-0.3, -0.25) is 0 Å². The van der Waals surface area contributed by atoms with Crippen molar-refractivity contribution in [1.29, 1.82) is 0 Å². The van der Waals surface area contributed by atoms with Crippen molar-refractivity contribution in [3.63, 3.8) is 0 Å². The van der Waals surface area contributed by atoms with E-state index in [0.29, 0.717) is 0 Å². The lowest BCUT2D eigenvalue weighted by Gasteiger charge is -2.23. The fourth-order valence-corrected chi connectivity index (χ4v) is 2.36. The van der Waals surface area contributed by atoms with Crippen molar-refractivity contribution in [3.05, 3.63) is 65.7 Å². The molecule has 0 aliphatic heterocycles. The molecule has 0 saturated carbocycles. The summed E-state index contributed by atoms with van der Waals surface area (Å²) in [5, 5.41) is 13.9. The minimum Gasteiger partial charge on any atom is -0.488 e. The van der Waals surface area contributed by atoms with Gasteiger partial charge in [0.05, 0.1) is 6.10 Å². The number of nitrogens with one attached hydrogen (secondary N) is 1. The third-order valence-electron chi connectivity index (χ3n) is 3.59. The molecular formula is C20H27NO2. The summed E-state index contributed by atoms with van der Waals surface area (Å²) in [7, 11) is 0. The molecule has 0 bridgehead atoms. The highest BCUT2D eigenvalue weighted by atomic mass is 16.5. The van der Waals surface area contributed by atoms with E-state index in [4.69, 9.17) is 4.74 Å². The Morgan fingerprint density at radius 3 is 2.17 bits per heavy atom. The number of hydrogen-bond donors (Lipinski definition) is 2. The quantitative estimate of drug-likeness (QED) is 0.844. The molecule has 2 aromatic rings. The van der Waals surface area contributed by atoms with Gasteiger partial charge < -0.3 is 15.2 Å². The van der Waals surface area contributed by atoms with Crippen LogP contribution in [0.25, 0.3) is 0 Å². The summed E-state index contributed by atoms with van der Waals surface area (Å²) in [4.78, 5) is 0. The monoisotopic (exact) mass is 313 g/mol. The highest BCUT2D eigenvalue weighted by molar-refractivity contribution is 5.29. The summed E-state index contributed by atoms with van der Waals surface area (Å²) in [5.74, 6) is 0.818. The van der Waals surface area contributed by atoms with Crippen molar-refractivity contribution in [2.45, 2.75) is 52.0 Å². The molecule has 0 radical (unpaired) electrons. The number of hydrogen-bond acceptors (Lipinski definition) is 3. The van der Waals surface area contributed by atoms with E-state index >= 15 is 0 Å². The van der Waals surface area contributed by atoms with Crippen molar-refractivity contribution in [1.82, 2.24) is 5.32 Å². The van der Waals surface area contributed by atoms with E-state index < -0.39 is 6.10 Å². The molecule has 3 nitrogen and oxygen atoms in total. The summed E-state index contributed by atoms with van der Waals surface area (Å²) < 4.78 is 5.80. The van der Waals surface area contributed by atoms with E-state index in [2.05, 4.69) is 17.4 Å². The smallest absolute Gasteiger partial charge is 0.120 e. The largest absolute Gasteiger partial charge is 0.488 e. The van der Waals surface area contributed by atoms with Gasteiger partial charge in [-0.15, -0.1) is 0 Å². The number of benzene rings is 2. The Hall–Kier alpha value is -1.84. The molecule has 0 fully saturated rings. The maximum atomic E-state index is 10.5. The maximum absolute atomic E-state index is 10.5. The van der Waals surface area contributed by atoms with Crippen molar-refractivity contribution < 1.29 is 9.84 Å². The lowest BCUT2D eigenvalue weighted by molar-refractivity contribution is 0.128. The van der Waals surface area contributed by atoms with Gasteiger partial charge in [0, 0.05) is 12.6 Å². The Labute approximate surface area is 139 Å². The predicted molar refractivity (Wildman–Crippen MR) is 94.5 cm³/mol. The normalized spacial score (nSPS) is 14.3. The highest BCUT2D eigenvalue weighted by Crippen LogP contribution is 2.23. The first kappa shape index (κ1) is 17.5. The standard InChI is InChI=1S/C20H27NO2/c1-15(21-14-16-8-6-5-7-9-16)19(22)17-10-12-18(13-11-17)23-20(2,3)4/h5-13,15,19,21-22H,14H2,1-4H3/t15-,19-/m0/s1. The Bertz CT molecular complexity index is 587. The molecule has 0 spiro atoms. The van der Waals surface area contributed by atoms with Crippen molar-refractivity contribution in [2.75, 3.05) is 0 Å². The molecule has 0 aliphatic rings. The van der Waals surface area contributed by atoms with Crippen LogP contribution in [-0.4, -0.2) is 16.7 Å². The van der Waals surface area contributed by atoms with Gasteiger partial charge in [0.1, 0.15) is 11.4 Å². The predicted octanol–water partition coefficient (Wildman–Crippen LogP) is 4.08. The van der Waals surface area contributed by atoms with Crippen LogP contribution in [0.3, 0.4) is 0 Å². The molecule has 0 heterocycles. The average Bonchev–Trinajstić information content (AvgIpc) is 2.52. The first-order valence-corrected chi connectivity index (χ1v) is 8.09. The summed E-state index contributed by atoms with van der Waals surface area (Å²) in [6.45, 7) is 8.79. The second-order valence-corrected chi connectivity index (χ2v) is 6.88. The summed E-state index contributed by atoms with van der Waals surface area (Å²) in [6.07, 6.45) is -0.553. The van der Waals surface area contributed by atoms with Gasteiger partial charge in [-0.1, -0.05) is 42.5 Å². The van der Waals surface area contributed by atoms with E-state index in [0.717, 1.165) is 17.9 Å². The molecule has 0 amide bonds. The van der Waals surface area contributed by atoms with Crippen LogP contribution in [0.5, 0.6) is 5.75 Å². The van der Waals surface area contributed by atoms with Gasteiger partial charge in [0.15, 0.2) is 0 Å². The van der Waals surface area contributed by atoms with E-state index in [1.807, 2.05) is 70.2 Å². The SMILES string of the molecule is C[C@H](NCc1ccccc1)[C@H](O)c1ccc(OC(C)(C)C)cc1. The van der Waals surface area contributed by atoms with Crippen molar-refractivity contribution >= 4 is 0 Å². The van der Waals surface area contributed by atoms with Crippen LogP contribution in [0.1, 0.15) is 44.9 Å². The topological polar surface area (TPSA) is 41.5 Å². The number of aliphatic hydroxyl groups is 1. The van der Waals surface area contributed by atoms with Gasteiger partial charge in [0.2, 0.25) is 0 Å². The lowest BCUT2D eigenvalue weighted by Crippen LogP contribution is -2.31. The Kier molecular flexibility index (Phi) is 5.80. The first-order chi connectivity index (χ1) is 10.8. The minimum absolute atomic E-state index is 0.0374. The van der Waals surface area contributed by atoms with Gasteiger partial charge >= 0.3 is 0 Å². The Morgan fingerprint density at radius 1 is 1.00 bits per heavy atom. The molecule has 2 aromatic carbocycles. The zero-order chi connectivity index (χ0) is 16.9. The van der Waals surface area contributed by atoms with Gasteiger partial charge in [0.25, 0.3) is 0 Å². The average molecular weight is 313 g/mol. The first-order valence-electron chi connectivity index (χ1n) is 8.09. The molecule has 2 atom stereocenters. The second-order valence-electron chi connectivity index (χ2n) is 6.88. The van der Waals surface area contributed by atoms with Crippen LogP contribution in [0.15, 0.2) is 54.6 Å². The van der Waals surface area contributed by atoms with E-state index in [-0.39, 0.29) is 11.6 Å². The van der Waals surface area contributed by atoms with Crippen LogP contribution >= 0.6 is 0 Å². The van der Waals surface area contributed by atoms with Crippen LogP contribution in [-0.2, 0) is 6.54 Å². The van der Waals surface area contributed by atoms with E-state index in [1.54, 1.807) is 0 Å². The molecule has 3 heteroatoms. The molecule has 2 N–H and O–H groups in total. The fourth-order valence-electron chi connectivity index (χ4n) is 2.36. The molecule has 23 heavy (non-hydrogen) atoms. The maximum Gasteiger partial charge on any atom is 0.120 e.